The van der Waals surface area contributed by atoms with Crippen molar-refractivity contribution in [3.8, 4) is 0 Å². The molecular weight excluding hydrogens is 300 g/mol. The molecule has 2 atom stereocenters. The van der Waals surface area contributed by atoms with Crippen molar-refractivity contribution in [1.29, 1.82) is 0 Å². The molecule has 1 fully saturated rings. The van der Waals surface area contributed by atoms with Crippen molar-refractivity contribution in [2.24, 2.45) is 0 Å². The molecule has 1 aromatic carbocycles. The molecule has 0 aliphatic carbocycles. The molecule has 0 amide bonds. The van der Waals surface area contributed by atoms with Crippen LogP contribution in [0, 0.1) is 0 Å². The Labute approximate surface area is 124 Å². The van der Waals surface area contributed by atoms with E-state index < -0.39 is 15.9 Å². The molecule has 0 spiro atoms. The number of halogens is 1. The van der Waals surface area contributed by atoms with Gasteiger partial charge in [0.15, 0.2) is 9.84 Å². The Bertz CT molecular complexity index is 550. The van der Waals surface area contributed by atoms with E-state index in [0.29, 0.717) is 19.6 Å². The van der Waals surface area contributed by atoms with Crippen molar-refractivity contribution in [3.63, 3.8) is 0 Å². The van der Waals surface area contributed by atoms with Crippen LogP contribution in [-0.2, 0) is 16.4 Å². The van der Waals surface area contributed by atoms with Gasteiger partial charge in [0.05, 0.1) is 17.6 Å². The van der Waals surface area contributed by atoms with Gasteiger partial charge < -0.3 is 15.7 Å². The molecule has 1 heterocycles. The van der Waals surface area contributed by atoms with Gasteiger partial charge in [-0.05, 0) is 11.6 Å². The maximum atomic E-state index is 11.3. The molecule has 1 aliphatic rings. The summed E-state index contributed by atoms with van der Waals surface area (Å²) in [5.41, 5.74) is 1.03. The van der Waals surface area contributed by atoms with E-state index in [1.54, 1.807) is 0 Å². The van der Waals surface area contributed by atoms with E-state index in [9.17, 15) is 13.5 Å². The first kappa shape index (κ1) is 15.7. The summed E-state index contributed by atoms with van der Waals surface area (Å²) >= 11 is 6.04. The zero-order valence-corrected chi connectivity index (χ0v) is 12.6. The molecule has 2 rings (SSSR count). The zero-order valence-electron chi connectivity index (χ0n) is 11.0. The highest BCUT2D eigenvalue weighted by Gasteiger charge is 2.35. The summed E-state index contributed by atoms with van der Waals surface area (Å²) in [6, 6.07) is 7.25. The van der Waals surface area contributed by atoms with Gasteiger partial charge in [0.25, 0.3) is 0 Å². The third kappa shape index (κ3) is 4.43. The Morgan fingerprint density at radius 2 is 2.00 bits per heavy atom. The van der Waals surface area contributed by atoms with Gasteiger partial charge in [0, 0.05) is 30.7 Å². The van der Waals surface area contributed by atoms with Gasteiger partial charge in [-0.15, -0.1) is 0 Å². The van der Waals surface area contributed by atoms with Gasteiger partial charge in [-0.25, -0.2) is 8.42 Å². The predicted molar refractivity (Wildman–Crippen MR) is 79.6 cm³/mol. The monoisotopic (exact) mass is 318 g/mol. The Hall–Kier alpha value is -0.660. The van der Waals surface area contributed by atoms with E-state index in [1.807, 2.05) is 24.3 Å². The van der Waals surface area contributed by atoms with Crippen LogP contribution in [0.15, 0.2) is 24.3 Å². The lowest BCUT2D eigenvalue weighted by molar-refractivity contribution is 0.166. The molecule has 112 valence electrons. The van der Waals surface area contributed by atoms with Crippen LogP contribution in [0.25, 0.3) is 0 Å². The maximum Gasteiger partial charge on any atom is 0.154 e. The molecule has 0 saturated carbocycles. The van der Waals surface area contributed by atoms with E-state index in [1.165, 1.54) is 0 Å². The average molecular weight is 319 g/mol. The molecule has 1 saturated heterocycles. The van der Waals surface area contributed by atoms with Crippen LogP contribution in [0.4, 0.5) is 0 Å². The second-order valence-electron chi connectivity index (χ2n) is 4.97. The summed E-state index contributed by atoms with van der Waals surface area (Å²) in [6.07, 6.45) is -0.802. The van der Waals surface area contributed by atoms with Gasteiger partial charge in [-0.2, -0.15) is 0 Å². The number of nitrogens with one attached hydrogen (secondary N) is 2. The van der Waals surface area contributed by atoms with E-state index >= 15 is 0 Å². The van der Waals surface area contributed by atoms with E-state index in [-0.39, 0.29) is 17.5 Å². The number of aliphatic hydroxyl groups is 1. The van der Waals surface area contributed by atoms with Crippen LogP contribution >= 0.6 is 11.6 Å². The molecule has 20 heavy (non-hydrogen) atoms. The minimum Gasteiger partial charge on any atom is -0.390 e. The van der Waals surface area contributed by atoms with E-state index in [0.717, 1.165) is 10.6 Å². The van der Waals surface area contributed by atoms with Gasteiger partial charge in [-0.3, -0.25) is 0 Å². The number of benzene rings is 1. The smallest absolute Gasteiger partial charge is 0.154 e. The Kier molecular flexibility index (Phi) is 5.40. The van der Waals surface area contributed by atoms with Crippen LogP contribution in [0.3, 0.4) is 0 Å². The fraction of sp³-hybridized carbons (Fsp3) is 0.538. The molecular formula is C13H19ClN2O3S. The molecule has 0 unspecified atom stereocenters. The molecule has 1 aliphatic heterocycles. The normalized spacial score (nSPS) is 24.9. The zero-order chi connectivity index (χ0) is 14.6. The number of aliphatic hydroxyl groups excluding tert-OH is 1. The molecule has 1 aromatic rings. The summed E-state index contributed by atoms with van der Waals surface area (Å²) in [4.78, 5) is 0. The molecule has 7 heteroatoms. The third-order valence-corrected chi connectivity index (χ3v) is 5.39. The summed E-state index contributed by atoms with van der Waals surface area (Å²) in [7, 11) is -3.09. The summed E-state index contributed by atoms with van der Waals surface area (Å²) < 4.78 is 22.7. The van der Waals surface area contributed by atoms with Gasteiger partial charge in [0.2, 0.25) is 0 Å². The minimum absolute atomic E-state index is 0.0126. The first-order valence-corrected chi connectivity index (χ1v) is 8.74. The fourth-order valence-electron chi connectivity index (χ4n) is 2.23. The highest BCUT2D eigenvalue weighted by atomic mass is 35.5. The van der Waals surface area contributed by atoms with Crippen molar-refractivity contribution in [2.75, 3.05) is 24.6 Å². The number of sulfone groups is 1. The first-order chi connectivity index (χ1) is 9.48. The van der Waals surface area contributed by atoms with Crippen LogP contribution in [0.1, 0.15) is 5.56 Å². The SMILES string of the molecule is O=S1(=O)C[C@@H](O)[C@H](NCCNCc2ccccc2Cl)C1. The molecule has 5 nitrogen and oxygen atoms in total. The van der Waals surface area contributed by atoms with E-state index in [2.05, 4.69) is 10.6 Å². The van der Waals surface area contributed by atoms with Crippen molar-refractivity contribution < 1.29 is 13.5 Å². The van der Waals surface area contributed by atoms with Gasteiger partial charge >= 0.3 is 0 Å². The topological polar surface area (TPSA) is 78.4 Å². The van der Waals surface area contributed by atoms with Crippen LogP contribution < -0.4 is 10.6 Å². The van der Waals surface area contributed by atoms with Crippen molar-refractivity contribution in [3.05, 3.63) is 34.9 Å². The number of hydrogen-bond acceptors (Lipinski definition) is 5. The Morgan fingerprint density at radius 3 is 2.65 bits per heavy atom. The standard InChI is InChI=1S/C13H19ClN2O3S/c14-11-4-2-1-3-10(11)7-15-5-6-16-12-8-20(18,19)9-13(12)17/h1-4,12-13,15-17H,5-9H2/t12-,13-/m1/s1. The second-order valence-corrected chi connectivity index (χ2v) is 7.53. The van der Waals surface area contributed by atoms with Crippen molar-refractivity contribution in [1.82, 2.24) is 10.6 Å². The molecule has 0 radical (unpaired) electrons. The lowest BCUT2D eigenvalue weighted by Gasteiger charge is -2.15. The number of hydrogen-bond donors (Lipinski definition) is 3. The van der Waals surface area contributed by atoms with Crippen molar-refractivity contribution in [2.45, 2.75) is 18.7 Å². The van der Waals surface area contributed by atoms with Crippen LogP contribution in [0.5, 0.6) is 0 Å². The molecule has 3 N–H and O–H groups in total. The van der Waals surface area contributed by atoms with Crippen molar-refractivity contribution >= 4 is 21.4 Å². The lowest BCUT2D eigenvalue weighted by atomic mass is 10.2. The summed E-state index contributed by atoms with van der Waals surface area (Å²) in [5, 5.41) is 16.6. The first-order valence-electron chi connectivity index (χ1n) is 6.54. The highest BCUT2D eigenvalue weighted by molar-refractivity contribution is 7.91. The largest absolute Gasteiger partial charge is 0.390 e. The Balaban J connectivity index is 1.66. The van der Waals surface area contributed by atoms with E-state index in [4.69, 9.17) is 11.6 Å². The third-order valence-electron chi connectivity index (χ3n) is 3.30. The second kappa shape index (κ2) is 6.87. The maximum absolute atomic E-state index is 11.3. The summed E-state index contributed by atoms with van der Waals surface area (Å²) in [5.74, 6) is -0.129. The molecule has 0 bridgehead atoms. The van der Waals surface area contributed by atoms with Gasteiger partial charge in [-0.1, -0.05) is 29.8 Å². The lowest BCUT2D eigenvalue weighted by Crippen LogP contribution is -2.42. The average Bonchev–Trinajstić information content (AvgIpc) is 2.64. The summed E-state index contributed by atoms with van der Waals surface area (Å²) in [6.45, 7) is 1.93. The van der Waals surface area contributed by atoms with Crippen LogP contribution in [-0.4, -0.2) is 50.3 Å². The fourth-order valence-corrected chi connectivity index (χ4v) is 4.21. The quantitative estimate of drug-likeness (QED) is 0.652. The molecule has 0 aromatic heterocycles. The predicted octanol–water partition coefficient (Wildman–Crippen LogP) is 0.177. The van der Waals surface area contributed by atoms with Gasteiger partial charge in [0.1, 0.15) is 0 Å². The highest BCUT2D eigenvalue weighted by Crippen LogP contribution is 2.14. The number of rotatable bonds is 6. The Morgan fingerprint density at radius 1 is 1.25 bits per heavy atom. The minimum atomic E-state index is -3.09. The van der Waals surface area contributed by atoms with Crippen LogP contribution in [0.2, 0.25) is 5.02 Å².